The van der Waals surface area contributed by atoms with Crippen molar-refractivity contribution in [2.45, 2.75) is 12.2 Å². The van der Waals surface area contributed by atoms with E-state index in [1.807, 2.05) is 6.92 Å². The van der Waals surface area contributed by atoms with Gasteiger partial charge in [0.1, 0.15) is 0 Å². The van der Waals surface area contributed by atoms with Gasteiger partial charge in [0.2, 0.25) is 0 Å². The fourth-order valence-electron chi connectivity index (χ4n) is 1.08. The van der Waals surface area contributed by atoms with E-state index < -0.39 is 5.76 Å². The van der Waals surface area contributed by atoms with Crippen LogP contribution < -0.4 is 5.76 Å². The monoisotopic (exact) mass is 196 g/mol. The van der Waals surface area contributed by atoms with Gasteiger partial charge in [-0.2, -0.15) is 12.6 Å². The van der Waals surface area contributed by atoms with E-state index in [-0.39, 0.29) is 5.25 Å². The predicted octanol–water partition coefficient (Wildman–Crippen LogP) is 1.51. The number of hydrogen-bond donors (Lipinski definition) is 2. The number of oxazole rings is 1. The Morgan fingerprint density at radius 3 is 3.15 bits per heavy atom. The summed E-state index contributed by atoms with van der Waals surface area (Å²) in [7, 11) is 0. The molecule has 0 radical (unpaired) electrons. The molecule has 5 heteroatoms. The van der Waals surface area contributed by atoms with E-state index in [1.54, 1.807) is 12.3 Å². The summed E-state index contributed by atoms with van der Waals surface area (Å²) in [5.41, 5.74) is 1.88. The number of nitrogens with zero attached hydrogens (tertiary/aromatic N) is 1. The van der Waals surface area contributed by atoms with Crippen molar-refractivity contribution in [1.29, 1.82) is 0 Å². The molecule has 0 bridgehead atoms. The molecule has 0 aliphatic carbocycles. The molecule has 4 nitrogen and oxygen atoms in total. The first-order valence-corrected chi connectivity index (χ1v) is 4.35. The van der Waals surface area contributed by atoms with Gasteiger partial charge in [0.05, 0.1) is 0 Å². The van der Waals surface area contributed by atoms with Crippen LogP contribution in [0.5, 0.6) is 0 Å². The Hall–Kier alpha value is -1.23. The van der Waals surface area contributed by atoms with E-state index in [0.29, 0.717) is 11.2 Å². The second-order valence-corrected chi connectivity index (χ2v) is 3.58. The van der Waals surface area contributed by atoms with E-state index in [2.05, 4.69) is 22.6 Å². The molecule has 2 aromatic heterocycles. The first kappa shape index (κ1) is 8.37. The van der Waals surface area contributed by atoms with Gasteiger partial charge in [0.25, 0.3) is 0 Å². The Bertz CT molecular complexity index is 486. The number of aromatic nitrogens is 2. The van der Waals surface area contributed by atoms with E-state index in [4.69, 9.17) is 4.42 Å². The van der Waals surface area contributed by atoms with Crippen molar-refractivity contribution >= 4 is 23.9 Å². The minimum Gasteiger partial charge on any atom is -0.406 e. The largest absolute Gasteiger partial charge is 0.418 e. The molecule has 0 spiro atoms. The highest BCUT2D eigenvalue weighted by atomic mass is 32.1. The molecule has 68 valence electrons. The van der Waals surface area contributed by atoms with Crippen LogP contribution in [0.2, 0.25) is 0 Å². The maximum atomic E-state index is 10.8. The molecule has 2 rings (SSSR count). The molecule has 2 aromatic rings. The fraction of sp³-hybridized carbons (Fsp3) is 0.250. The van der Waals surface area contributed by atoms with Gasteiger partial charge in [-0.25, -0.2) is 9.78 Å². The van der Waals surface area contributed by atoms with Gasteiger partial charge in [0.15, 0.2) is 11.2 Å². The zero-order valence-electron chi connectivity index (χ0n) is 6.94. The topological polar surface area (TPSA) is 58.9 Å². The van der Waals surface area contributed by atoms with E-state index >= 15 is 0 Å². The number of aromatic amines is 1. The van der Waals surface area contributed by atoms with Gasteiger partial charge < -0.3 is 4.42 Å². The molecule has 0 aromatic carbocycles. The zero-order chi connectivity index (χ0) is 9.42. The summed E-state index contributed by atoms with van der Waals surface area (Å²) in [4.78, 5) is 17.3. The average molecular weight is 196 g/mol. The number of pyridine rings is 1. The molecule has 0 saturated heterocycles. The molecule has 2 heterocycles. The minimum absolute atomic E-state index is 0.0807. The SMILES string of the molecule is CC(S)c1cnc2[nH]c(=O)oc2c1. The summed E-state index contributed by atoms with van der Waals surface area (Å²) in [5, 5.41) is 0.0807. The smallest absolute Gasteiger partial charge is 0.406 e. The van der Waals surface area contributed by atoms with Crippen LogP contribution in [0, 0.1) is 0 Å². The number of thiol groups is 1. The fourth-order valence-corrected chi connectivity index (χ4v) is 1.22. The molecule has 1 atom stereocenters. The molecule has 0 aliphatic rings. The van der Waals surface area contributed by atoms with Crippen molar-refractivity contribution in [2.75, 3.05) is 0 Å². The van der Waals surface area contributed by atoms with E-state index in [1.165, 1.54) is 0 Å². The molecular weight excluding hydrogens is 188 g/mol. The molecule has 0 amide bonds. The Morgan fingerprint density at radius 2 is 2.46 bits per heavy atom. The van der Waals surface area contributed by atoms with Crippen molar-refractivity contribution < 1.29 is 4.42 Å². The Morgan fingerprint density at radius 1 is 1.69 bits per heavy atom. The van der Waals surface area contributed by atoms with Gasteiger partial charge in [-0.05, 0) is 18.6 Å². The molecule has 0 saturated carbocycles. The van der Waals surface area contributed by atoms with Crippen LogP contribution in [0.15, 0.2) is 21.5 Å². The first-order valence-electron chi connectivity index (χ1n) is 3.83. The molecule has 1 N–H and O–H groups in total. The highest BCUT2D eigenvalue weighted by molar-refractivity contribution is 7.80. The van der Waals surface area contributed by atoms with Crippen LogP contribution in [0.4, 0.5) is 0 Å². The third-order valence-corrected chi connectivity index (χ3v) is 2.08. The normalized spacial score (nSPS) is 13.4. The number of rotatable bonds is 1. The standard InChI is InChI=1S/C8H8N2O2S/c1-4(13)5-2-6-7(9-3-5)10-8(11)12-6/h2-4,13H,1H3,(H,9,10,11). The number of fused-ring (bicyclic) bond motifs is 1. The highest BCUT2D eigenvalue weighted by Crippen LogP contribution is 2.20. The van der Waals surface area contributed by atoms with Crippen molar-refractivity contribution in [1.82, 2.24) is 9.97 Å². The zero-order valence-corrected chi connectivity index (χ0v) is 7.84. The summed E-state index contributed by atoms with van der Waals surface area (Å²) >= 11 is 4.25. The van der Waals surface area contributed by atoms with Crippen molar-refractivity contribution in [3.8, 4) is 0 Å². The van der Waals surface area contributed by atoms with E-state index in [0.717, 1.165) is 5.56 Å². The summed E-state index contributed by atoms with van der Waals surface area (Å²) in [6.07, 6.45) is 1.67. The summed E-state index contributed by atoms with van der Waals surface area (Å²) in [6.45, 7) is 1.93. The molecular formula is C8H8N2O2S. The second-order valence-electron chi connectivity index (χ2n) is 2.81. The second kappa shape index (κ2) is 2.92. The quantitative estimate of drug-likeness (QED) is 0.679. The van der Waals surface area contributed by atoms with Crippen LogP contribution in [-0.4, -0.2) is 9.97 Å². The van der Waals surface area contributed by atoms with Gasteiger partial charge in [-0.15, -0.1) is 0 Å². The van der Waals surface area contributed by atoms with Gasteiger partial charge in [-0.3, -0.25) is 4.98 Å². The predicted molar refractivity (Wildman–Crippen MR) is 52.0 cm³/mol. The Kier molecular flexibility index (Phi) is 1.88. The van der Waals surface area contributed by atoms with Crippen molar-refractivity contribution in [2.24, 2.45) is 0 Å². The molecule has 0 aliphatic heterocycles. The summed E-state index contributed by atoms with van der Waals surface area (Å²) in [6, 6.07) is 1.76. The first-order chi connectivity index (χ1) is 6.16. The van der Waals surface area contributed by atoms with E-state index in [9.17, 15) is 4.79 Å². The van der Waals surface area contributed by atoms with Gasteiger partial charge in [0, 0.05) is 11.4 Å². The number of hydrogen-bond acceptors (Lipinski definition) is 4. The third-order valence-electron chi connectivity index (χ3n) is 1.78. The molecule has 0 fully saturated rings. The lowest BCUT2D eigenvalue weighted by Crippen LogP contribution is -1.93. The minimum atomic E-state index is -0.480. The van der Waals surface area contributed by atoms with Crippen LogP contribution in [0.25, 0.3) is 11.2 Å². The summed E-state index contributed by atoms with van der Waals surface area (Å²) < 4.78 is 4.85. The van der Waals surface area contributed by atoms with Crippen LogP contribution in [-0.2, 0) is 0 Å². The molecule has 1 unspecified atom stereocenters. The lowest BCUT2D eigenvalue weighted by atomic mass is 10.2. The van der Waals surface area contributed by atoms with Crippen LogP contribution in [0.3, 0.4) is 0 Å². The van der Waals surface area contributed by atoms with Crippen molar-refractivity contribution in [3.63, 3.8) is 0 Å². The van der Waals surface area contributed by atoms with Gasteiger partial charge in [-0.1, -0.05) is 0 Å². The lowest BCUT2D eigenvalue weighted by Gasteiger charge is -2.01. The maximum Gasteiger partial charge on any atom is 0.418 e. The Balaban J connectivity index is 2.68. The third kappa shape index (κ3) is 1.47. The summed E-state index contributed by atoms with van der Waals surface area (Å²) in [5.74, 6) is -0.480. The molecule has 13 heavy (non-hydrogen) atoms. The Labute approximate surface area is 79.4 Å². The lowest BCUT2D eigenvalue weighted by molar-refractivity contribution is 0.555. The van der Waals surface area contributed by atoms with Gasteiger partial charge >= 0.3 is 5.76 Å². The van der Waals surface area contributed by atoms with Crippen LogP contribution in [0.1, 0.15) is 17.7 Å². The number of H-pyrrole nitrogens is 1. The highest BCUT2D eigenvalue weighted by Gasteiger charge is 2.05. The number of nitrogens with one attached hydrogen (secondary N) is 1. The maximum absolute atomic E-state index is 10.8. The van der Waals surface area contributed by atoms with Crippen molar-refractivity contribution in [3.05, 3.63) is 28.4 Å². The van der Waals surface area contributed by atoms with Crippen LogP contribution >= 0.6 is 12.6 Å². The average Bonchev–Trinajstić information content (AvgIpc) is 2.42.